The summed E-state index contributed by atoms with van der Waals surface area (Å²) in [6.45, 7) is 0.368. The second kappa shape index (κ2) is 17.1. The highest BCUT2D eigenvalue weighted by Gasteiger charge is 2.43. The Morgan fingerprint density at radius 1 is 0.776 bits per heavy atom. The Balaban J connectivity index is 1.12. The molecule has 308 valence electrons. The molecule has 1 unspecified atom stereocenters. The van der Waals surface area contributed by atoms with E-state index < -0.39 is 73.4 Å². The zero-order valence-corrected chi connectivity index (χ0v) is 31.1. The molecular weight excluding hydrogens is 778 g/mol. The van der Waals surface area contributed by atoms with Gasteiger partial charge in [-0.3, -0.25) is 9.59 Å². The third-order valence-electron chi connectivity index (χ3n) is 9.77. The number of fused-ring (bicyclic) bond motifs is 1. The average molecular weight is 817 g/mol. The van der Waals surface area contributed by atoms with Crippen LogP contribution in [0.3, 0.4) is 0 Å². The zero-order valence-electron chi connectivity index (χ0n) is 31.1. The van der Waals surface area contributed by atoms with Crippen molar-refractivity contribution in [3.63, 3.8) is 0 Å². The molecule has 4 atom stereocenters. The van der Waals surface area contributed by atoms with Crippen molar-refractivity contribution in [2.45, 2.75) is 75.0 Å². The van der Waals surface area contributed by atoms with E-state index in [0.29, 0.717) is 65.2 Å². The Kier molecular flexibility index (Phi) is 12.2. The van der Waals surface area contributed by atoms with Crippen LogP contribution in [0.5, 0.6) is 0 Å². The molecule has 2 fully saturated rings. The number of H-pyrrole nitrogens is 2. The zero-order chi connectivity index (χ0) is 41.8. The number of halogens is 6. The fraction of sp³-hybridized carbons (Fsp3) is 0.421. The van der Waals surface area contributed by atoms with E-state index in [2.05, 4.69) is 41.3 Å². The van der Waals surface area contributed by atoms with Crippen LogP contribution in [0.25, 0.3) is 22.3 Å². The number of benzene rings is 2. The molecule has 2 saturated heterocycles. The third kappa shape index (κ3) is 9.99. The van der Waals surface area contributed by atoms with E-state index in [1.165, 1.54) is 9.80 Å². The summed E-state index contributed by atoms with van der Waals surface area (Å²) in [5.74, 6) is 5.17. The number of aromatic amines is 2. The lowest BCUT2D eigenvalue weighted by Crippen LogP contribution is -2.50. The number of hydrogen-bond donors (Lipinski definition) is 4. The topological polar surface area (TPSA) is 175 Å². The van der Waals surface area contributed by atoms with Crippen LogP contribution in [0.15, 0.2) is 48.7 Å². The molecule has 4 aromatic rings. The summed E-state index contributed by atoms with van der Waals surface area (Å²) < 4.78 is 88.5. The second-order valence-electron chi connectivity index (χ2n) is 13.8. The van der Waals surface area contributed by atoms with Gasteiger partial charge in [-0.1, -0.05) is 24.0 Å². The molecule has 4 N–H and O–H groups in total. The number of hydrogen-bond acceptors (Lipinski definition) is 8. The maximum atomic E-state index is 13.3. The van der Waals surface area contributed by atoms with Gasteiger partial charge in [0.2, 0.25) is 11.8 Å². The number of amides is 4. The molecule has 14 nitrogen and oxygen atoms in total. The van der Waals surface area contributed by atoms with Crippen molar-refractivity contribution in [3.05, 3.63) is 71.4 Å². The van der Waals surface area contributed by atoms with Gasteiger partial charge >= 0.3 is 24.5 Å². The van der Waals surface area contributed by atoms with Gasteiger partial charge in [-0.15, -0.1) is 0 Å². The summed E-state index contributed by atoms with van der Waals surface area (Å²) in [4.78, 5) is 67.9. The van der Waals surface area contributed by atoms with Gasteiger partial charge in [-0.05, 0) is 61.6 Å². The molecule has 0 bridgehead atoms. The van der Waals surface area contributed by atoms with Crippen molar-refractivity contribution in [3.8, 4) is 23.1 Å². The molecule has 58 heavy (non-hydrogen) atoms. The summed E-state index contributed by atoms with van der Waals surface area (Å²) in [6, 6.07) is 7.44. The van der Waals surface area contributed by atoms with Crippen LogP contribution >= 0.6 is 0 Å². The van der Waals surface area contributed by atoms with Crippen molar-refractivity contribution in [2.75, 3.05) is 27.3 Å². The number of aromatic nitrogens is 4. The molecule has 2 aromatic carbocycles. The summed E-state index contributed by atoms with van der Waals surface area (Å²) in [7, 11) is 1.99. The minimum Gasteiger partial charge on any atom is -0.453 e. The van der Waals surface area contributed by atoms with Gasteiger partial charge < -0.3 is 39.9 Å². The summed E-state index contributed by atoms with van der Waals surface area (Å²) in [6.07, 6.45) is -11.3. The first-order valence-corrected chi connectivity index (χ1v) is 18.1. The molecule has 2 aliphatic heterocycles. The number of nitrogens with one attached hydrogen (secondary N) is 4. The van der Waals surface area contributed by atoms with Crippen LogP contribution in [0.4, 0.5) is 35.9 Å². The largest absolute Gasteiger partial charge is 0.453 e. The maximum absolute atomic E-state index is 13.3. The highest BCUT2D eigenvalue weighted by atomic mass is 19.4. The third-order valence-corrected chi connectivity index (χ3v) is 9.77. The van der Waals surface area contributed by atoms with Crippen LogP contribution in [0, 0.1) is 11.8 Å². The molecule has 2 aliphatic rings. The van der Waals surface area contributed by atoms with Gasteiger partial charge in [0.1, 0.15) is 23.7 Å². The van der Waals surface area contributed by atoms with Gasteiger partial charge in [-0.2, -0.15) is 26.3 Å². The number of methoxy groups -OCH3 is 2. The minimum atomic E-state index is -4.71. The number of nitrogens with zero attached hydrogens (tertiary/aromatic N) is 4. The number of carbonyl (C=O) groups excluding carboxylic acids is 4. The van der Waals surface area contributed by atoms with Crippen LogP contribution in [-0.2, 0) is 19.1 Å². The normalized spacial score (nSPS) is 18.0. The minimum absolute atomic E-state index is 0.182. The molecule has 0 spiro atoms. The van der Waals surface area contributed by atoms with Crippen molar-refractivity contribution < 1.29 is 55.0 Å². The van der Waals surface area contributed by atoms with E-state index in [4.69, 9.17) is 0 Å². The number of rotatable bonds is 9. The number of carbonyl (C=O) groups is 4. The highest BCUT2D eigenvalue weighted by Crippen LogP contribution is 2.35. The fourth-order valence-electron chi connectivity index (χ4n) is 7.09. The lowest BCUT2D eigenvalue weighted by molar-refractivity contribution is -0.154. The molecule has 20 heteroatoms. The van der Waals surface area contributed by atoms with Gasteiger partial charge in [0, 0.05) is 24.2 Å². The monoisotopic (exact) mass is 816 g/mol. The number of alkyl halides is 6. The van der Waals surface area contributed by atoms with E-state index in [1.54, 1.807) is 48.7 Å². The Labute approximate surface area is 327 Å². The van der Waals surface area contributed by atoms with Gasteiger partial charge in [-0.25, -0.2) is 19.6 Å². The summed E-state index contributed by atoms with van der Waals surface area (Å²) in [5, 5.41) is 4.00. The van der Waals surface area contributed by atoms with E-state index in [9.17, 15) is 45.5 Å². The molecule has 0 radical (unpaired) electrons. The summed E-state index contributed by atoms with van der Waals surface area (Å²) in [5.41, 5.74) is 3.80. The average Bonchev–Trinajstić information content (AvgIpc) is 4.01. The maximum Gasteiger partial charge on any atom is 0.407 e. The standard InChI is InChI=1S/C38H38F6N8O6/c1-57-35(55)49-26(18-37(39,40)41)33(53)51-15-3-5-29(51)31-45-20-28(48-31)23-12-9-21(10-13-23)7-8-22-11-14-24-25(17-22)47-32(46-24)30-6-4-16-52(30)34(54)27(19-38(42,43)44)50-36(56)58-2/h9-14,17,20,26-27,29-30H,3-6,15-16,18-19H2,1-2H3,(H,45,48)(H,46,47)(H,49,55)(H,50,56)/t26-,27?,29-,30-/m0/s1. The molecular formula is C38H38F6N8O6. The van der Waals surface area contributed by atoms with E-state index in [0.717, 1.165) is 19.8 Å². The molecule has 2 aromatic heterocycles. The lowest BCUT2D eigenvalue weighted by atomic mass is 10.1. The number of likely N-dealkylation sites (tertiary alicyclic amines) is 2. The number of ether oxygens (including phenoxy) is 2. The first-order valence-electron chi connectivity index (χ1n) is 18.1. The van der Waals surface area contributed by atoms with Crippen molar-refractivity contribution >= 4 is 35.0 Å². The van der Waals surface area contributed by atoms with Crippen LogP contribution in [0.2, 0.25) is 0 Å². The smallest absolute Gasteiger partial charge is 0.407 e. The Hall–Kier alpha value is -6.26. The predicted molar refractivity (Wildman–Crippen MR) is 193 cm³/mol. The SMILES string of the molecule is COC(=O)NC(CC(F)(F)F)C(=O)N1CCC[C@H]1c1nc2ccc(C#Cc3ccc(-c4cnc([C@@H]5CCCN5C(=O)[C@H](CC(F)(F)F)NC(=O)OC)[nH]4)cc3)cc2[nH]1. The highest BCUT2D eigenvalue weighted by molar-refractivity contribution is 5.87. The van der Waals surface area contributed by atoms with Crippen LogP contribution < -0.4 is 10.6 Å². The van der Waals surface area contributed by atoms with Crippen LogP contribution in [-0.4, -0.2) is 105 Å². The first-order chi connectivity index (χ1) is 27.5. The quantitative estimate of drug-likeness (QED) is 0.117. The van der Waals surface area contributed by atoms with E-state index in [-0.39, 0.29) is 13.1 Å². The molecule has 4 heterocycles. The molecule has 0 aliphatic carbocycles. The van der Waals surface area contributed by atoms with Crippen LogP contribution in [0.1, 0.15) is 73.4 Å². The van der Waals surface area contributed by atoms with Gasteiger partial charge in [0.25, 0.3) is 0 Å². The predicted octanol–water partition coefficient (Wildman–Crippen LogP) is 6.03. The lowest BCUT2D eigenvalue weighted by Gasteiger charge is -2.28. The molecule has 6 rings (SSSR count). The fourth-order valence-corrected chi connectivity index (χ4v) is 7.09. The van der Waals surface area contributed by atoms with Crippen molar-refractivity contribution in [1.29, 1.82) is 0 Å². The Morgan fingerprint density at radius 3 is 1.83 bits per heavy atom. The Morgan fingerprint density at radius 2 is 1.29 bits per heavy atom. The Bertz CT molecular complexity index is 2210. The molecule has 0 saturated carbocycles. The van der Waals surface area contributed by atoms with Gasteiger partial charge in [0.05, 0.1) is 62.1 Å². The second-order valence-corrected chi connectivity index (χ2v) is 13.8. The van der Waals surface area contributed by atoms with E-state index >= 15 is 0 Å². The number of alkyl carbamates (subject to hydrolysis) is 2. The van der Waals surface area contributed by atoms with Crippen molar-refractivity contribution in [2.24, 2.45) is 0 Å². The first kappa shape index (κ1) is 41.4. The molecule has 4 amide bonds. The van der Waals surface area contributed by atoms with Gasteiger partial charge in [0.15, 0.2) is 0 Å². The van der Waals surface area contributed by atoms with Crippen molar-refractivity contribution in [1.82, 2.24) is 40.4 Å². The van der Waals surface area contributed by atoms with E-state index in [1.807, 2.05) is 10.6 Å². The number of imidazole rings is 2. The summed E-state index contributed by atoms with van der Waals surface area (Å²) >= 11 is 0.